The maximum atomic E-state index is 12.4. The van der Waals surface area contributed by atoms with E-state index in [9.17, 15) is 18.4 Å². The molecule has 0 saturated heterocycles. The molecule has 0 spiro atoms. The van der Waals surface area contributed by atoms with Crippen LogP contribution < -0.4 is 14.8 Å². The molecule has 1 amide bonds. The summed E-state index contributed by atoms with van der Waals surface area (Å²) in [6, 6.07) is 3.76. The average Bonchev–Trinajstić information content (AvgIpc) is 2.45. The van der Waals surface area contributed by atoms with E-state index >= 15 is 0 Å². The van der Waals surface area contributed by atoms with Crippen molar-refractivity contribution in [1.29, 1.82) is 0 Å². The van der Waals surface area contributed by atoms with Gasteiger partial charge in [0.2, 0.25) is 0 Å². The van der Waals surface area contributed by atoms with Crippen molar-refractivity contribution < 1.29 is 33.0 Å². The van der Waals surface area contributed by atoms with Crippen LogP contribution in [0.1, 0.15) is 37.6 Å². The van der Waals surface area contributed by atoms with Crippen molar-refractivity contribution in [2.24, 2.45) is 5.92 Å². The van der Waals surface area contributed by atoms with Crippen molar-refractivity contribution in [2.45, 2.75) is 39.3 Å². The van der Waals surface area contributed by atoms with Gasteiger partial charge in [0.25, 0.3) is 5.91 Å². The molecule has 24 heavy (non-hydrogen) atoms. The van der Waals surface area contributed by atoms with Crippen LogP contribution in [-0.2, 0) is 4.79 Å². The summed E-state index contributed by atoms with van der Waals surface area (Å²) in [5.41, 5.74) is -0.820. The zero-order chi connectivity index (χ0) is 18.5. The normalized spacial score (nSPS) is 13.5. The van der Waals surface area contributed by atoms with Gasteiger partial charge in [0.05, 0.1) is 19.1 Å². The summed E-state index contributed by atoms with van der Waals surface area (Å²) in [4.78, 5) is 23.4. The maximum absolute atomic E-state index is 12.4. The molecule has 0 aliphatic rings. The first-order valence-corrected chi connectivity index (χ1v) is 7.26. The minimum absolute atomic E-state index is 0.0209. The van der Waals surface area contributed by atoms with Crippen molar-refractivity contribution in [3.63, 3.8) is 0 Å². The second-order valence-electron chi connectivity index (χ2n) is 5.84. The Labute approximate surface area is 138 Å². The average molecular weight is 345 g/mol. The number of ether oxygens (including phenoxy) is 2. The minimum Gasteiger partial charge on any atom is -0.493 e. The van der Waals surface area contributed by atoms with Crippen LogP contribution in [0.5, 0.6) is 11.5 Å². The van der Waals surface area contributed by atoms with Crippen molar-refractivity contribution in [3.05, 3.63) is 23.8 Å². The molecule has 0 aliphatic heterocycles. The molecule has 6 nitrogen and oxygen atoms in total. The van der Waals surface area contributed by atoms with Crippen molar-refractivity contribution in [1.82, 2.24) is 5.32 Å². The number of methoxy groups -OCH3 is 1. The summed E-state index contributed by atoms with van der Waals surface area (Å²) in [5, 5.41) is 11.7. The Morgan fingerprint density at radius 1 is 1.29 bits per heavy atom. The SMILES string of the molecule is COc1cc(C(=O)NC(C)(CC(=O)O)C(C)C)ccc1OC(F)F. The van der Waals surface area contributed by atoms with Gasteiger partial charge >= 0.3 is 12.6 Å². The number of halogens is 2. The van der Waals surface area contributed by atoms with E-state index in [0.717, 1.165) is 0 Å². The second-order valence-corrected chi connectivity index (χ2v) is 5.84. The number of benzene rings is 1. The third-order valence-electron chi connectivity index (χ3n) is 3.83. The highest BCUT2D eigenvalue weighted by Gasteiger charge is 2.33. The minimum atomic E-state index is -3.02. The highest BCUT2D eigenvalue weighted by atomic mass is 19.3. The number of carboxylic acids is 1. The van der Waals surface area contributed by atoms with Crippen LogP contribution in [0.2, 0.25) is 0 Å². The molecule has 0 aliphatic carbocycles. The van der Waals surface area contributed by atoms with Crippen LogP contribution in [-0.4, -0.2) is 36.2 Å². The van der Waals surface area contributed by atoms with Gasteiger partial charge < -0.3 is 19.9 Å². The molecule has 0 heterocycles. The number of carbonyl (C=O) groups excluding carboxylic acids is 1. The fourth-order valence-corrected chi connectivity index (χ4v) is 2.04. The summed E-state index contributed by atoms with van der Waals surface area (Å²) in [6.07, 6.45) is -0.250. The number of carboxylic acid groups (broad SMARTS) is 1. The molecule has 1 rings (SSSR count). The standard InChI is InChI=1S/C16H21F2NO5/c1-9(2)16(3,8-13(20)21)19-14(22)10-5-6-11(24-15(17)18)12(7-10)23-4/h5-7,9,15H,8H2,1-4H3,(H,19,22)(H,20,21). The third kappa shape index (κ3) is 5.07. The Hall–Kier alpha value is -2.38. The monoisotopic (exact) mass is 345 g/mol. The molecule has 0 saturated carbocycles. The number of alkyl halides is 2. The molecular weight excluding hydrogens is 324 g/mol. The Morgan fingerprint density at radius 2 is 1.92 bits per heavy atom. The highest BCUT2D eigenvalue weighted by molar-refractivity contribution is 5.95. The van der Waals surface area contributed by atoms with E-state index in [2.05, 4.69) is 10.1 Å². The maximum Gasteiger partial charge on any atom is 0.387 e. The molecule has 1 unspecified atom stereocenters. The predicted octanol–water partition coefficient (Wildman–Crippen LogP) is 2.92. The summed E-state index contributed by atoms with van der Waals surface area (Å²) in [7, 11) is 1.26. The number of nitrogens with one attached hydrogen (secondary N) is 1. The van der Waals surface area contributed by atoms with Crippen LogP contribution in [0.4, 0.5) is 8.78 Å². The molecule has 1 aromatic carbocycles. The largest absolute Gasteiger partial charge is 0.493 e. The van der Waals surface area contributed by atoms with Crippen LogP contribution in [0.15, 0.2) is 18.2 Å². The highest BCUT2D eigenvalue weighted by Crippen LogP contribution is 2.30. The molecule has 1 atom stereocenters. The van der Waals surface area contributed by atoms with Crippen LogP contribution in [0.25, 0.3) is 0 Å². The molecule has 0 fully saturated rings. The van der Waals surface area contributed by atoms with Crippen LogP contribution in [0, 0.1) is 5.92 Å². The molecule has 0 radical (unpaired) electrons. The van der Waals surface area contributed by atoms with Gasteiger partial charge in [-0.25, -0.2) is 0 Å². The molecule has 8 heteroatoms. The van der Waals surface area contributed by atoms with Crippen molar-refractivity contribution >= 4 is 11.9 Å². The predicted molar refractivity (Wildman–Crippen MR) is 82.6 cm³/mol. The van der Waals surface area contributed by atoms with Crippen LogP contribution >= 0.6 is 0 Å². The Morgan fingerprint density at radius 3 is 2.38 bits per heavy atom. The molecule has 2 N–H and O–H groups in total. The summed E-state index contributed by atoms with van der Waals surface area (Å²) < 4.78 is 33.9. The van der Waals surface area contributed by atoms with Gasteiger partial charge in [0, 0.05) is 5.56 Å². The lowest BCUT2D eigenvalue weighted by molar-refractivity contribution is -0.138. The van der Waals surface area contributed by atoms with E-state index in [1.165, 1.54) is 25.3 Å². The van der Waals surface area contributed by atoms with Gasteiger partial charge in [-0.05, 0) is 31.0 Å². The number of aliphatic carboxylic acids is 1. The fraction of sp³-hybridized carbons (Fsp3) is 0.500. The van der Waals surface area contributed by atoms with Gasteiger partial charge in [-0.2, -0.15) is 8.78 Å². The summed E-state index contributed by atoms with van der Waals surface area (Å²) >= 11 is 0. The van der Waals surface area contributed by atoms with Crippen molar-refractivity contribution in [2.75, 3.05) is 7.11 Å². The number of hydrogen-bond donors (Lipinski definition) is 2. The first kappa shape index (κ1) is 19.7. The number of carbonyl (C=O) groups is 2. The number of hydrogen-bond acceptors (Lipinski definition) is 4. The van der Waals surface area contributed by atoms with E-state index in [1.54, 1.807) is 20.8 Å². The lowest BCUT2D eigenvalue weighted by Gasteiger charge is -2.33. The first-order chi connectivity index (χ1) is 11.1. The summed E-state index contributed by atoms with van der Waals surface area (Å²) in [6.45, 7) is 2.21. The van der Waals surface area contributed by atoms with Gasteiger partial charge in [0.15, 0.2) is 11.5 Å². The number of amides is 1. The molecule has 0 bridgehead atoms. The lowest BCUT2D eigenvalue weighted by atomic mass is 9.85. The quantitative estimate of drug-likeness (QED) is 0.757. The second kappa shape index (κ2) is 7.94. The van der Waals surface area contributed by atoms with Gasteiger partial charge in [0.1, 0.15) is 0 Å². The topological polar surface area (TPSA) is 84.9 Å². The number of rotatable bonds is 8. The summed E-state index contributed by atoms with van der Waals surface area (Å²) in [5.74, 6) is -1.92. The fourth-order valence-electron chi connectivity index (χ4n) is 2.04. The Kier molecular flexibility index (Phi) is 6.51. The Balaban J connectivity index is 3.04. The van der Waals surface area contributed by atoms with Gasteiger partial charge in [-0.15, -0.1) is 0 Å². The van der Waals surface area contributed by atoms with E-state index in [1.807, 2.05) is 0 Å². The zero-order valence-corrected chi connectivity index (χ0v) is 13.9. The molecule has 134 valence electrons. The van der Waals surface area contributed by atoms with Crippen molar-refractivity contribution in [3.8, 4) is 11.5 Å². The first-order valence-electron chi connectivity index (χ1n) is 7.26. The van der Waals surface area contributed by atoms with Crippen LogP contribution in [0.3, 0.4) is 0 Å². The van der Waals surface area contributed by atoms with E-state index in [0.29, 0.717) is 0 Å². The van der Waals surface area contributed by atoms with Gasteiger partial charge in [-0.3, -0.25) is 9.59 Å². The third-order valence-corrected chi connectivity index (χ3v) is 3.83. The zero-order valence-electron chi connectivity index (χ0n) is 13.9. The van der Waals surface area contributed by atoms with E-state index in [-0.39, 0.29) is 29.4 Å². The molecular formula is C16H21F2NO5. The van der Waals surface area contributed by atoms with Gasteiger partial charge in [-0.1, -0.05) is 13.8 Å². The smallest absolute Gasteiger partial charge is 0.387 e. The Bertz CT molecular complexity index is 606. The lowest BCUT2D eigenvalue weighted by Crippen LogP contribution is -2.51. The van der Waals surface area contributed by atoms with E-state index < -0.39 is 24.0 Å². The van der Waals surface area contributed by atoms with E-state index in [4.69, 9.17) is 9.84 Å². The molecule has 0 aromatic heterocycles. The molecule has 1 aromatic rings.